The van der Waals surface area contributed by atoms with Crippen molar-refractivity contribution in [2.75, 3.05) is 19.0 Å². The average Bonchev–Trinajstić information content (AvgIpc) is 3.45. The van der Waals surface area contributed by atoms with Crippen molar-refractivity contribution in [2.24, 2.45) is 0 Å². The number of carbonyl (C=O) groups is 2. The van der Waals surface area contributed by atoms with E-state index in [1.807, 2.05) is 35.7 Å². The van der Waals surface area contributed by atoms with Gasteiger partial charge in [0.25, 0.3) is 5.91 Å². The molecule has 0 aliphatic heterocycles. The summed E-state index contributed by atoms with van der Waals surface area (Å²) >= 11 is 1.33. The number of carbonyl (C=O) groups excluding carboxylic acids is 2. The van der Waals surface area contributed by atoms with Crippen LogP contribution < -0.4 is 10.2 Å². The molecule has 0 radical (unpaired) electrons. The van der Waals surface area contributed by atoms with Crippen molar-refractivity contribution in [3.05, 3.63) is 107 Å². The van der Waals surface area contributed by atoms with Crippen LogP contribution in [0.2, 0.25) is 0 Å². The number of aromatic nitrogens is 2. The Morgan fingerprint density at radius 1 is 0.973 bits per heavy atom. The third-order valence-corrected chi connectivity index (χ3v) is 8.28. The highest BCUT2D eigenvalue weighted by atomic mass is 32.2. The van der Waals surface area contributed by atoms with Gasteiger partial charge in [0.15, 0.2) is 6.04 Å². The highest BCUT2D eigenvalue weighted by Gasteiger charge is 2.35. The third kappa shape index (κ3) is 5.91. The number of sulfonamides is 1. The molecule has 11 heteroatoms. The van der Waals surface area contributed by atoms with Gasteiger partial charge in [0.2, 0.25) is 15.9 Å². The number of hydrogen-bond donors (Lipinski definition) is 1. The largest absolute Gasteiger partial charge is 0.350 e. The first-order valence-electron chi connectivity index (χ1n) is 11.3. The molecule has 0 aliphatic carbocycles. The van der Waals surface area contributed by atoms with Crippen LogP contribution in [0.1, 0.15) is 27.0 Å². The Morgan fingerprint density at radius 2 is 1.70 bits per heavy atom. The molecule has 0 spiro atoms. The van der Waals surface area contributed by atoms with Crippen LogP contribution in [0.15, 0.2) is 95.6 Å². The van der Waals surface area contributed by atoms with Crippen LogP contribution in [0.4, 0.5) is 5.69 Å². The number of thiophene rings is 1. The molecule has 2 heterocycles. The predicted molar refractivity (Wildman–Crippen MR) is 142 cm³/mol. The molecule has 2 amide bonds. The summed E-state index contributed by atoms with van der Waals surface area (Å²) in [5, 5.41) is 4.75. The maximum absolute atomic E-state index is 13.8. The van der Waals surface area contributed by atoms with Gasteiger partial charge in [-0.15, -0.1) is 11.3 Å². The molecule has 0 fully saturated rings. The van der Waals surface area contributed by atoms with Crippen molar-refractivity contribution in [3.63, 3.8) is 0 Å². The lowest BCUT2D eigenvalue weighted by atomic mass is 10.1. The van der Waals surface area contributed by atoms with Gasteiger partial charge in [0.05, 0.1) is 11.1 Å². The molecule has 0 saturated heterocycles. The molecule has 1 unspecified atom stereocenters. The third-order valence-electron chi connectivity index (χ3n) is 5.52. The van der Waals surface area contributed by atoms with Crippen molar-refractivity contribution in [2.45, 2.75) is 17.5 Å². The van der Waals surface area contributed by atoms with Crippen LogP contribution in [-0.2, 0) is 21.4 Å². The van der Waals surface area contributed by atoms with E-state index in [0.717, 1.165) is 9.87 Å². The lowest BCUT2D eigenvalue weighted by Gasteiger charge is -2.30. The standard InChI is InChI=1S/C26H25N5O4S2/c1-30(2)37(34,35)21-12-10-20(11-13-21)31(26(33)22-18-27-14-15-28-22)24(23-9-6-16-36-23)25(32)29-17-19-7-4-3-5-8-19/h3-16,18,24H,17H2,1-2H3,(H,29,32). The van der Waals surface area contributed by atoms with Gasteiger partial charge in [-0.3, -0.25) is 19.5 Å². The Hall–Kier alpha value is -3.93. The van der Waals surface area contributed by atoms with Crippen molar-refractivity contribution >= 4 is 38.9 Å². The topological polar surface area (TPSA) is 113 Å². The van der Waals surface area contributed by atoms with Crippen LogP contribution in [0, 0.1) is 0 Å². The summed E-state index contributed by atoms with van der Waals surface area (Å²) < 4.78 is 26.3. The number of anilines is 1. The Morgan fingerprint density at radius 3 is 2.30 bits per heavy atom. The number of nitrogens with one attached hydrogen (secondary N) is 1. The van der Waals surface area contributed by atoms with Crippen molar-refractivity contribution < 1.29 is 18.0 Å². The zero-order valence-corrected chi connectivity index (χ0v) is 21.8. The van der Waals surface area contributed by atoms with Gasteiger partial charge >= 0.3 is 0 Å². The molecule has 0 aliphatic rings. The molecule has 37 heavy (non-hydrogen) atoms. The van der Waals surface area contributed by atoms with Crippen LogP contribution in [0.25, 0.3) is 0 Å². The Bertz CT molecular complexity index is 1440. The normalized spacial score (nSPS) is 12.2. The Labute approximate surface area is 219 Å². The fourth-order valence-corrected chi connectivity index (χ4v) is 5.32. The molecule has 4 rings (SSSR count). The van der Waals surface area contributed by atoms with Crippen LogP contribution in [0.3, 0.4) is 0 Å². The smallest absolute Gasteiger partial charge is 0.279 e. The minimum atomic E-state index is -3.68. The number of hydrogen-bond acceptors (Lipinski definition) is 7. The van der Waals surface area contributed by atoms with E-state index in [1.165, 1.54) is 73.2 Å². The molecule has 9 nitrogen and oxygen atoms in total. The summed E-state index contributed by atoms with van der Waals surface area (Å²) in [6.07, 6.45) is 4.17. The summed E-state index contributed by atoms with van der Waals surface area (Å²) in [6, 6.07) is 17.8. The number of amides is 2. The number of benzene rings is 2. The number of rotatable bonds is 9. The van der Waals surface area contributed by atoms with E-state index in [0.29, 0.717) is 10.6 Å². The highest BCUT2D eigenvalue weighted by molar-refractivity contribution is 7.89. The van der Waals surface area contributed by atoms with E-state index in [9.17, 15) is 18.0 Å². The molecule has 4 aromatic rings. The van der Waals surface area contributed by atoms with Gasteiger partial charge in [-0.1, -0.05) is 36.4 Å². The van der Waals surface area contributed by atoms with Crippen molar-refractivity contribution in [1.29, 1.82) is 0 Å². The summed E-state index contributed by atoms with van der Waals surface area (Å²) in [6.45, 7) is 0.273. The minimum Gasteiger partial charge on any atom is -0.350 e. The molecule has 0 saturated carbocycles. The maximum atomic E-state index is 13.8. The zero-order chi connectivity index (χ0) is 26.4. The summed E-state index contributed by atoms with van der Waals surface area (Å²) in [5.74, 6) is -0.946. The van der Waals surface area contributed by atoms with E-state index in [-0.39, 0.29) is 17.1 Å². The highest BCUT2D eigenvalue weighted by Crippen LogP contribution is 2.32. The molecule has 1 N–H and O–H groups in total. The quantitative estimate of drug-likeness (QED) is 0.351. The van der Waals surface area contributed by atoms with Crippen LogP contribution in [0.5, 0.6) is 0 Å². The first kappa shape index (κ1) is 26.1. The monoisotopic (exact) mass is 535 g/mol. The van der Waals surface area contributed by atoms with Gasteiger partial charge in [-0.25, -0.2) is 17.7 Å². The maximum Gasteiger partial charge on any atom is 0.279 e. The van der Waals surface area contributed by atoms with Gasteiger partial charge in [-0.05, 0) is 41.3 Å². The first-order valence-corrected chi connectivity index (χ1v) is 13.6. The molecule has 1 atom stereocenters. The van der Waals surface area contributed by atoms with E-state index < -0.39 is 27.9 Å². The SMILES string of the molecule is CN(C)S(=O)(=O)c1ccc(N(C(=O)c2cnccn2)C(C(=O)NCc2ccccc2)c2cccs2)cc1. The Kier molecular flexibility index (Phi) is 8.07. The van der Waals surface area contributed by atoms with Crippen molar-refractivity contribution in [3.8, 4) is 0 Å². The molecular formula is C26H25N5O4S2. The van der Waals surface area contributed by atoms with E-state index in [4.69, 9.17) is 0 Å². The molecule has 0 bridgehead atoms. The molecular weight excluding hydrogens is 510 g/mol. The van der Waals surface area contributed by atoms with E-state index in [1.54, 1.807) is 12.1 Å². The van der Waals surface area contributed by atoms with Gasteiger partial charge in [0.1, 0.15) is 5.69 Å². The van der Waals surface area contributed by atoms with Crippen LogP contribution in [-0.4, -0.2) is 48.6 Å². The van der Waals surface area contributed by atoms with Gasteiger partial charge in [0, 0.05) is 43.6 Å². The lowest BCUT2D eigenvalue weighted by Crippen LogP contribution is -2.44. The number of nitrogens with zero attached hydrogens (tertiary/aromatic N) is 4. The predicted octanol–water partition coefficient (Wildman–Crippen LogP) is 3.49. The first-order chi connectivity index (χ1) is 17.8. The lowest BCUT2D eigenvalue weighted by molar-refractivity contribution is -0.122. The average molecular weight is 536 g/mol. The van der Waals surface area contributed by atoms with Crippen LogP contribution >= 0.6 is 11.3 Å². The van der Waals surface area contributed by atoms with E-state index in [2.05, 4.69) is 15.3 Å². The fourth-order valence-electron chi connectivity index (χ4n) is 3.61. The van der Waals surface area contributed by atoms with Crippen molar-refractivity contribution in [1.82, 2.24) is 19.6 Å². The van der Waals surface area contributed by atoms with E-state index >= 15 is 0 Å². The molecule has 2 aromatic carbocycles. The summed E-state index contributed by atoms with van der Waals surface area (Å²) in [4.78, 5) is 37.6. The molecule has 2 aromatic heterocycles. The van der Waals surface area contributed by atoms with Gasteiger partial charge in [-0.2, -0.15) is 0 Å². The molecule has 190 valence electrons. The van der Waals surface area contributed by atoms with Gasteiger partial charge < -0.3 is 5.32 Å². The second kappa shape index (κ2) is 11.4. The second-order valence-corrected chi connectivity index (χ2v) is 11.3. The fraction of sp³-hybridized carbons (Fsp3) is 0.154. The Balaban J connectivity index is 1.77. The summed E-state index contributed by atoms with van der Waals surface area (Å²) in [5.41, 5.74) is 1.29. The second-order valence-electron chi connectivity index (χ2n) is 8.17. The minimum absolute atomic E-state index is 0.0462. The zero-order valence-electron chi connectivity index (χ0n) is 20.2. The summed E-state index contributed by atoms with van der Waals surface area (Å²) in [7, 11) is -0.797.